The van der Waals surface area contributed by atoms with Gasteiger partial charge in [-0.15, -0.1) is 11.3 Å². The van der Waals surface area contributed by atoms with Gasteiger partial charge >= 0.3 is 0 Å². The van der Waals surface area contributed by atoms with Crippen LogP contribution in [0.2, 0.25) is 0 Å². The molecule has 0 atom stereocenters. The second-order valence-corrected chi connectivity index (χ2v) is 7.79. The van der Waals surface area contributed by atoms with Gasteiger partial charge in [-0.3, -0.25) is 4.79 Å². The minimum Gasteiger partial charge on any atom is -0.466 e. The monoisotopic (exact) mass is 370 g/mol. The summed E-state index contributed by atoms with van der Waals surface area (Å²) < 4.78 is 5.73. The van der Waals surface area contributed by atoms with Crippen LogP contribution in [0.4, 0.5) is 11.5 Å². The topological polar surface area (TPSA) is 98.4 Å². The molecule has 4 N–H and O–H groups in total. The standard InChI is InChI=1S/C19H22N4O2S/c1-10-8-12(11(2)25-10)13-9-14(23-6-4-3-5-7-23)22-19-15(13)16(20)17(26-19)18(21)24/h8-9H,3-7,20H2,1-2H3,(H2,21,24). The quantitative estimate of drug-likeness (QED) is 0.730. The summed E-state index contributed by atoms with van der Waals surface area (Å²) >= 11 is 1.26. The minimum atomic E-state index is -0.518. The predicted octanol–water partition coefficient (Wildman–Crippen LogP) is 3.84. The molecule has 1 aliphatic rings. The van der Waals surface area contributed by atoms with E-state index in [1.807, 2.05) is 19.9 Å². The maximum atomic E-state index is 11.8. The summed E-state index contributed by atoms with van der Waals surface area (Å²) in [6, 6.07) is 4.07. The maximum absolute atomic E-state index is 11.8. The van der Waals surface area contributed by atoms with Gasteiger partial charge in [0, 0.05) is 29.6 Å². The summed E-state index contributed by atoms with van der Waals surface area (Å²) in [5.41, 5.74) is 14.1. The molecule has 26 heavy (non-hydrogen) atoms. The Bertz CT molecular complexity index is 999. The third-order valence-corrected chi connectivity index (χ3v) is 6.03. The van der Waals surface area contributed by atoms with Gasteiger partial charge < -0.3 is 20.8 Å². The predicted molar refractivity (Wildman–Crippen MR) is 106 cm³/mol. The second-order valence-electron chi connectivity index (χ2n) is 6.79. The van der Waals surface area contributed by atoms with Gasteiger partial charge in [0.2, 0.25) is 0 Å². The number of nitrogens with zero attached hydrogens (tertiary/aromatic N) is 2. The Morgan fingerprint density at radius 3 is 2.54 bits per heavy atom. The number of anilines is 2. The SMILES string of the molecule is Cc1cc(-c2cc(N3CCCCC3)nc3sc(C(N)=O)c(N)c23)c(C)o1. The Hall–Kier alpha value is -2.54. The molecule has 7 heteroatoms. The van der Waals surface area contributed by atoms with E-state index in [2.05, 4.69) is 11.0 Å². The average Bonchev–Trinajstić information content (AvgIpc) is 3.14. The van der Waals surface area contributed by atoms with E-state index in [9.17, 15) is 4.79 Å². The van der Waals surface area contributed by atoms with Crippen molar-refractivity contribution in [2.75, 3.05) is 23.7 Å². The van der Waals surface area contributed by atoms with Crippen LogP contribution in [0.1, 0.15) is 40.5 Å². The Kier molecular flexibility index (Phi) is 4.11. The van der Waals surface area contributed by atoms with Crippen LogP contribution in [-0.2, 0) is 0 Å². The molecule has 0 radical (unpaired) electrons. The number of furan rings is 1. The molecule has 3 aromatic rings. The van der Waals surface area contributed by atoms with Crippen molar-refractivity contribution in [1.29, 1.82) is 0 Å². The van der Waals surface area contributed by atoms with Crippen molar-refractivity contribution in [3.63, 3.8) is 0 Å². The van der Waals surface area contributed by atoms with E-state index in [0.29, 0.717) is 10.6 Å². The van der Waals surface area contributed by atoms with E-state index in [0.717, 1.165) is 64.6 Å². The smallest absolute Gasteiger partial charge is 0.260 e. The zero-order valence-electron chi connectivity index (χ0n) is 15.0. The number of amides is 1. The van der Waals surface area contributed by atoms with E-state index in [1.165, 1.54) is 17.8 Å². The third-order valence-electron chi connectivity index (χ3n) is 4.92. The van der Waals surface area contributed by atoms with Crippen molar-refractivity contribution < 1.29 is 9.21 Å². The second kappa shape index (κ2) is 6.32. The molecule has 1 saturated heterocycles. The molecule has 4 rings (SSSR count). The van der Waals surface area contributed by atoms with Crippen LogP contribution in [0.25, 0.3) is 21.3 Å². The highest BCUT2D eigenvalue weighted by Crippen LogP contribution is 2.42. The number of nitrogens with two attached hydrogens (primary N) is 2. The molecule has 136 valence electrons. The fourth-order valence-corrected chi connectivity index (χ4v) is 4.65. The number of rotatable bonds is 3. The highest BCUT2D eigenvalue weighted by Gasteiger charge is 2.23. The van der Waals surface area contributed by atoms with E-state index >= 15 is 0 Å². The van der Waals surface area contributed by atoms with Gasteiger partial charge in [-0.05, 0) is 45.2 Å². The van der Waals surface area contributed by atoms with Gasteiger partial charge in [0.05, 0.1) is 5.69 Å². The van der Waals surface area contributed by atoms with Crippen LogP contribution in [0.5, 0.6) is 0 Å². The Labute approximate surface area is 155 Å². The molecular weight excluding hydrogens is 348 g/mol. The number of hydrogen-bond donors (Lipinski definition) is 2. The van der Waals surface area contributed by atoms with Crippen molar-refractivity contribution in [1.82, 2.24) is 4.98 Å². The molecule has 0 saturated carbocycles. The van der Waals surface area contributed by atoms with Crippen LogP contribution in [0, 0.1) is 13.8 Å². The fourth-order valence-electron chi connectivity index (χ4n) is 3.69. The fraction of sp³-hybridized carbons (Fsp3) is 0.368. The van der Waals surface area contributed by atoms with E-state index < -0.39 is 5.91 Å². The number of fused-ring (bicyclic) bond motifs is 1. The number of aryl methyl sites for hydroxylation is 2. The number of pyridine rings is 1. The van der Waals surface area contributed by atoms with E-state index in [-0.39, 0.29) is 0 Å². The highest BCUT2D eigenvalue weighted by atomic mass is 32.1. The van der Waals surface area contributed by atoms with Crippen molar-refractivity contribution >= 4 is 39.0 Å². The van der Waals surface area contributed by atoms with Crippen LogP contribution in [-0.4, -0.2) is 24.0 Å². The largest absolute Gasteiger partial charge is 0.466 e. The zero-order valence-corrected chi connectivity index (χ0v) is 15.8. The van der Waals surface area contributed by atoms with Gasteiger partial charge in [-0.1, -0.05) is 0 Å². The first-order chi connectivity index (χ1) is 12.5. The van der Waals surface area contributed by atoms with Gasteiger partial charge in [0.15, 0.2) is 0 Å². The summed E-state index contributed by atoms with van der Waals surface area (Å²) in [4.78, 5) is 20.0. The lowest BCUT2D eigenvalue weighted by atomic mass is 10.0. The molecule has 4 heterocycles. The van der Waals surface area contributed by atoms with Crippen LogP contribution < -0.4 is 16.4 Å². The van der Waals surface area contributed by atoms with E-state index in [1.54, 1.807) is 0 Å². The first-order valence-corrected chi connectivity index (χ1v) is 9.62. The zero-order chi connectivity index (χ0) is 18.4. The van der Waals surface area contributed by atoms with Gasteiger partial charge in [-0.2, -0.15) is 0 Å². The summed E-state index contributed by atoms with van der Waals surface area (Å²) in [5, 5.41) is 0.786. The molecule has 0 bridgehead atoms. The molecule has 1 fully saturated rings. The van der Waals surface area contributed by atoms with Gasteiger partial charge in [-0.25, -0.2) is 4.98 Å². The molecule has 0 aromatic carbocycles. The van der Waals surface area contributed by atoms with Crippen molar-refractivity contribution in [2.45, 2.75) is 33.1 Å². The summed E-state index contributed by atoms with van der Waals surface area (Å²) in [6.45, 7) is 5.84. The number of aromatic nitrogens is 1. The summed E-state index contributed by atoms with van der Waals surface area (Å²) in [6.07, 6.45) is 3.58. The Morgan fingerprint density at radius 1 is 1.19 bits per heavy atom. The number of thiophene rings is 1. The lowest BCUT2D eigenvalue weighted by molar-refractivity contribution is 0.100. The Balaban J connectivity index is 1.99. The molecule has 0 spiro atoms. The first-order valence-electron chi connectivity index (χ1n) is 8.81. The van der Waals surface area contributed by atoms with Crippen LogP contribution in [0.3, 0.4) is 0 Å². The van der Waals surface area contributed by atoms with Crippen molar-refractivity contribution in [3.05, 3.63) is 28.5 Å². The van der Waals surface area contributed by atoms with Crippen LogP contribution in [0.15, 0.2) is 16.5 Å². The normalized spacial score (nSPS) is 14.9. The lowest BCUT2D eigenvalue weighted by Crippen LogP contribution is -2.30. The molecule has 0 aliphatic carbocycles. The molecule has 0 unspecified atom stereocenters. The molecule has 6 nitrogen and oxygen atoms in total. The summed E-state index contributed by atoms with van der Waals surface area (Å²) in [7, 11) is 0. The number of nitrogen functional groups attached to an aromatic ring is 1. The third kappa shape index (κ3) is 2.72. The average molecular weight is 370 g/mol. The van der Waals surface area contributed by atoms with Gasteiger partial charge in [0.25, 0.3) is 5.91 Å². The molecular formula is C19H22N4O2S. The number of carbonyl (C=O) groups is 1. The molecule has 3 aromatic heterocycles. The maximum Gasteiger partial charge on any atom is 0.260 e. The van der Waals surface area contributed by atoms with Crippen molar-refractivity contribution in [2.24, 2.45) is 5.73 Å². The Morgan fingerprint density at radius 2 is 1.92 bits per heavy atom. The number of primary amides is 1. The van der Waals surface area contributed by atoms with Gasteiger partial charge in [0.1, 0.15) is 27.0 Å². The number of piperidine rings is 1. The first kappa shape index (κ1) is 16.9. The number of carbonyl (C=O) groups excluding carboxylic acids is 1. The van der Waals surface area contributed by atoms with E-state index in [4.69, 9.17) is 20.9 Å². The number of hydrogen-bond acceptors (Lipinski definition) is 6. The van der Waals surface area contributed by atoms with Crippen LogP contribution >= 0.6 is 11.3 Å². The summed E-state index contributed by atoms with van der Waals surface area (Å²) in [5.74, 6) is 2.07. The van der Waals surface area contributed by atoms with Crippen molar-refractivity contribution in [3.8, 4) is 11.1 Å². The molecule has 1 amide bonds. The lowest BCUT2D eigenvalue weighted by Gasteiger charge is -2.28. The minimum absolute atomic E-state index is 0.363. The highest BCUT2D eigenvalue weighted by molar-refractivity contribution is 7.21. The molecule has 1 aliphatic heterocycles.